The molecule has 0 spiro atoms. The number of hydrogen-bond donors (Lipinski definition) is 0. The molecule has 0 bridgehead atoms. The van der Waals surface area contributed by atoms with Gasteiger partial charge in [-0.1, -0.05) is 6.42 Å². The van der Waals surface area contributed by atoms with Crippen LogP contribution < -0.4 is 0 Å². The van der Waals surface area contributed by atoms with E-state index in [4.69, 9.17) is 4.74 Å². The highest BCUT2D eigenvalue weighted by atomic mass is 32.2. The quantitative estimate of drug-likeness (QED) is 0.643. The maximum absolute atomic E-state index is 5.86. The topological polar surface area (TPSA) is 12.5 Å². The van der Waals surface area contributed by atoms with Gasteiger partial charge in [-0.05, 0) is 19.3 Å². The summed E-state index contributed by atoms with van der Waals surface area (Å²) in [6, 6.07) is 0. The van der Waals surface area contributed by atoms with Crippen LogP contribution in [0.5, 0.6) is 0 Å². The van der Waals surface area contributed by atoms with E-state index in [1.807, 2.05) is 0 Å². The average Bonchev–Trinajstić information content (AvgIpc) is 2.47. The van der Waals surface area contributed by atoms with E-state index in [1.165, 1.54) is 50.3 Å². The predicted molar refractivity (Wildman–Crippen MR) is 57.1 cm³/mol. The zero-order chi connectivity index (χ0) is 8.93. The highest BCUT2D eigenvalue weighted by Gasteiger charge is 2.22. The first-order valence-corrected chi connectivity index (χ1v) is 6.56. The van der Waals surface area contributed by atoms with E-state index in [0.29, 0.717) is 6.23 Å². The number of thioether (sulfide) groups is 1. The van der Waals surface area contributed by atoms with Gasteiger partial charge in [0.1, 0.15) is 6.23 Å². The molecule has 0 amide bonds. The Balaban J connectivity index is 1.82. The van der Waals surface area contributed by atoms with Crippen molar-refractivity contribution >= 4 is 11.8 Å². The van der Waals surface area contributed by atoms with E-state index in [9.17, 15) is 0 Å². The summed E-state index contributed by atoms with van der Waals surface area (Å²) in [4.78, 5) is 2.53. The minimum Gasteiger partial charge on any atom is -0.363 e. The maximum Gasteiger partial charge on any atom is 0.110 e. The fraction of sp³-hybridized carbons (Fsp3) is 1.00. The summed E-state index contributed by atoms with van der Waals surface area (Å²) in [6.07, 6.45) is 5.68. The van der Waals surface area contributed by atoms with E-state index in [0.717, 1.165) is 6.61 Å². The third kappa shape index (κ3) is 2.86. The second-order valence-corrected chi connectivity index (χ2v) is 5.05. The summed E-state index contributed by atoms with van der Waals surface area (Å²) in [6.45, 7) is 3.44. The van der Waals surface area contributed by atoms with Crippen molar-refractivity contribution < 1.29 is 4.74 Å². The van der Waals surface area contributed by atoms with E-state index in [2.05, 4.69) is 16.7 Å². The van der Waals surface area contributed by atoms with Crippen LogP contribution in [0.4, 0.5) is 0 Å². The molecule has 1 atom stereocenters. The van der Waals surface area contributed by atoms with Gasteiger partial charge in [-0.25, -0.2) is 0 Å². The minimum absolute atomic E-state index is 0.448. The van der Waals surface area contributed by atoms with Crippen LogP contribution in [0.1, 0.15) is 25.7 Å². The Morgan fingerprint density at radius 1 is 1.08 bits per heavy atom. The van der Waals surface area contributed by atoms with Crippen LogP contribution in [-0.4, -0.2) is 42.3 Å². The zero-order valence-electron chi connectivity index (χ0n) is 8.21. The van der Waals surface area contributed by atoms with E-state index in [1.54, 1.807) is 0 Å². The lowest BCUT2D eigenvalue weighted by atomic mass is 10.2. The fourth-order valence-corrected chi connectivity index (χ4v) is 2.99. The summed E-state index contributed by atoms with van der Waals surface area (Å²) in [5.41, 5.74) is 0. The largest absolute Gasteiger partial charge is 0.363 e. The maximum atomic E-state index is 5.86. The molecule has 76 valence electrons. The van der Waals surface area contributed by atoms with Crippen molar-refractivity contribution in [3.05, 3.63) is 0 Å². The van der Waals surface area contributed by atoms with Crippen LogP contribution in [0.15, 0.2) is 0 Å². The molecule has 0 aromatic rings. The Kier molecular flexibility index (Phi) is 3.94. The molecule has 2 rings (SSSR count). The summed E-state index contributed by atoms with van der Waals surface area (Å²) in [7, 11) is 0. The Morgan fingerprint density at radius 2 is 1.92 bits per heavy atom. The second kappa shape index (κ2) is 5.23. The molecule has 2 nitrogen and oxygen atoms in total. The van der Waals surface area contributed by atoms with E-state index in [-0.39, 0.29) is 0 Å². The average molecular weight is 201 g/mol. The standard InChI is InChI=1S/C10H19NOS/c1-2-4-10(12-7-3-1)11-5-8-13-9-6-11/h10H,1-9H2. The molecule has 0 aromatic carbocycles. The van der Waals surface area contributed by atoms with Crippen molar-refractivity contribution in [1.82, 2.24) is 4.90 Å². The monoisotopic (exact) mass is 201 g/mol. The second-order valence-electron chi connectivity index (χ2n) is 3.82. The van der Waals surface area contributed by atoms with Crippen molar-refractivity contribution in [2.75, 3.05) is 31.2 Å². The molecular weight excluding hydrogens is 182 g/mol. The fourth-order valence-electron chi connectivity index (χ4n) is 2.05. The van der Waals surface area contributed by atoms with Crippen molar-refractivity contribution in [2.24, 2.45) is 0 Å². The summed E-state index contributed by atoms with van der Waals surface area (Å²) in [5.74, 6) is 2.58. The molecule has 2 aliphatic rings. The van der Waals surface area contributed by atoms with Gasteiger partial charge < -0.3 is 4.74 Å². The van der Waals surface area contributed by atoms with Crippen LogP contribution in [0.2, 0.25) is 0 Å². The number of ether oxygens (including phenoxy) is 1. The van der Waals surface area contributed by atoms with Crippen molar-refractivity contribution in [2.45, 2.75) is 31.9 Å². The lowest BCUT2D eigenvalue weighted by Gasteiger charge is -2.33. The minimum atomic E-state index is 0.448. The molecule has 0 radical (unpaired) electrons. The molecule has 0 aromatic heterocycles. The van der Waals surface area contributed by atoms with Gasteiger partial charge in [-0.3, -0.25) is 4.90 Å². The molecule has 0 aliphatic carbocycles. The van der Waals surface area contributed by atoms with Gasteiger partial charge in [-0.2, -0.15) is 11.8 Å². The van der Waals surface area contributed by atoms with Crippen LogP contribution in [0.25, 0.3) is 0 Å². The van der Waals surface area contributed by atoms with Gasteiger partial charge in [0, 0.05) is 31.2 Å². The first-order valence-electron chi connectivity index (χ1n) is 5.40. The Morgan fingerprint density at radius 3 is 2.77 bits per heavy atom. The van der Waals surface area contributed by atoms with Gasteiger partial charge in [0.05, 0.1) is 0 Å². The normalized spacial score (nSPS) is 32.8. The summed E-state index contributed by atoms with van der Waals surface area (Å²) < 4.78 is 5.86. The van der Waals surface area contributed by atoms with Crippen molar-refractivity contribution in [3.63, 3.8) is 0 Å². The van der Waals surface area contributed by atoms with Gasteiger partial charge in [0.15, 0.2) is 0 Å². The lowest BCUT2D eigenvalue weighted by Crippen LogP contribution is -2.42. The third-order valence-electron chi connectivity index (χ3n) is 2.86. The smallest absolute Gasteiger partial charge is 0.110 e. The molecule has 1 unspecified atom stereocenters. The van der Waals surface area contributed by atoms with Crippen LogP contribution >= 0.6 is 11.8 Å². The highest BCUT2D eigenvalue weighted by Crippen LogP contribution is 2.19. The molecule has 2 fully saturated rings. The van der Waals surface area contributed by atoms with Gasteiger partial charge in [-0.15, -0.1) is 0 Å². The number of nitrogens with zero attached hydrogens (tertiary/aromatic N) is 1. The molecule has 2 heterocycles. The Bertz CT molecular complexity index is 140. The zero-order valence-corrected chi connectivity index (χ0v) is 9.02. The van der Waals surface area contributed by atoms with E-state index >= 15 is 0 Å². The molecule has 13 heavy (non-hydrogen) atoms. The summed E-state index contributed by atoms with van der Waals surface area (Å²) in [5, 5.41) is 0. The van der Waals surface area contributed by atoms with E-state index < -0.39 is 0 Å². The summed E-state index contributed by atoms with van der Waals surface area (Å²) >= 11 is 2.07. The van der Waals surface area contributed by atoms with Crippen molar-refractivity contribution in [3.8, 4) is 0 Å². The van der Waals surface area contributed by atoms with Crippen LogP contribution in [0.3, 0.4) is 0 Å². The Labute approximate surface area is 85.0 Å². The SMILES string of the molecule is C1CCOC(N2CCSCC2)CC1. The Hall–Kier alpha value is 0.270. The first-order chi connectivity index (χ1) is 6.47. The first kappa shape index (κ1) is 9.81. The molecule has 2 aliphatic heterocycles. The number of hydrogen-bond acceptors (Lipinski definition) is 3. The molecular formula is C10H19NOS. The van der Waals surface area contributed by atoms with Crippen LogP contribution in [0, 0.1) is 0 Å². The molecule has 2 saturated heterocycles. The molecule has 3 heteroatoms. The van der Waals surface area contributed by atoms with Gasteiger partial charge in [0.25, 0.3) is 0 Å². The van der Waals surface area contributed by atoms with Gasteiger partial charge in [0.2, 0.25) is 0 Å². The molecule has 0 N–H and O–H groups in total. The molecule has 0 saturated carbocycles. The van der Waals surface area contributed by atoms with Crippen molar-refractivity contribution in [1.29, 1.82) is 0 Å². The number of rotatable bonds is 1. The van der Waals surface area contributed by atoms with Gasteiger partial charge >= 0.3 is 0 Å². The third-order valence-corrected chi connectivity index (χ3v) is 3.80. The highest BCUT2D eigenvalue weighted by molar-refractivity contribution is 7.99. The predicted octanol–water partition coefficient (Wildman–Crippen LogP) is 1.95. The lowest BCUT2D eigenvalue weighted by molar-refractivity contribution is -0.0522. The van der Waals surface area contributed by atoms with Crippen LogP contribution in [-0.2, 0) is 4.74 Å².